The summed E-state index contributed by atoms with van der Waals surface area (Å²) in [5.74, 6) is -0.302. The molecule has 0 aliphatic rings. The van der Waals surface area contributed by atoms with Crippen molar-refractivity contribution in [1.82, 2.24) is 0 Å². The largest absolute Gasteiger partial charge is 0.490 e. The molecule has 4 rings (SSSR count). The fourth-order valence-electron chi connectivity index (χ4n) is 3.12. The first-order valence-electron chi connectivity index (χ1n) is 10.9. The summed E-state index contributed by atoms with van der Waals surface area (Å²) in [5.41, 5.74) is 0.628. The van der Waals surface area contributed by atoms with E-state index in [1.54, 1.807) is 36.4 Å². The fourth-order valence-corrected chi connectivity index (χ4v) is 7.75. The van der Waals surface area contributed by atoms with Gasteiger partial charge in [-0.2, -0.15) is 0 Å². The molecule has 6 nitrogen and oxygen atoms in total. The summed E-state index contributed by atoms with van der Waals surface area (Å²) in [6, 6.07) is 30.0. The second kappa shape index (κ2) is 17.0. The fraction of sp³-hybridized carbons (Fsp3) is 0.0714. The van der Waals surface area contributed by atoms with Gasteiger partial charge in [0, 0.05) is 77.6 Å². The molecule has 188 valence electrons. The van der Waals surface area contributed by atoms with Crippen molar-refractivity contribution in [3.63, 3.8) is 0 Å². The Balaban J connectivity index is 0.00000253. The minimum Gasteiger partial charge on any atom is -0.490 e. The third kappa shape index (κ3) is 10.6. The van der Waals surface area contributed by atoms with E-state index in [4.69, 9.17) is 19.7 Å². The normalized spacial score (nSPS) is 10.0. The van der Waals surface area contributed by atoms with Crippen molar-refractivity contribution < 1.29 is 137 Å². The molecular formula is C28H22I2O6Y2+2. The van der Waals surface area contributed by atoms with Crippen molar-refractivity contribution in [2.75, 3.05) is 13.2 Å². The second-order valence-electron chi connectivity index (χ2n) is 7.42. The van der Waals surface area contributed by atoms with Crippen LogP contribution < -0.4 is 51.9 Å². The van der Waals surface area contributed by atoms with Crippen LogP contribution in [-0.4, -0.2) is 35.4 Å². The molecule has 0 unspecified atom stereocenters. The molecule has 0 spiro atoms. The summed E-state index contributed by atoms with van der Waals surface area (Å²) in [7, 11) is 0. The predicted octanol–water partition coefficient (Wildman–Crippen LogP) is -1.21. The van der Waals surface area contributed by atoms with E-state index >= 15 is 0 Å². The molecule has 0 amide bonds. The van der Waals surface area contributed by atoms with E-state index in [1.165, 1.54) is 7.14 Å². The summed E-state index contributed by atoms with van der Waals surface area (Å²) in [5, 5.41) is 18.3. The average molecular weight is 886 g/mol. The molecule has 0 aliphatic heterocycles. The maximum absolute atomic E-state index is 11.1. The SMILES string of the molecule is O=C(O)c1cccc([I+]c2ccc(OCCOc3ccc([I+]c4cccc(C(=O)O)c4)cc3)cc2)c1.[Y].[Y]. The van der Waals surface area contributed by atoms with Gasteiger partial charge in [-0.25, -0.2) is 9.59 Å². The predicted molar refractivity (Wildman–Crippen MR) is 125 cm³/mol. The standard InChI is InChI=1S/C28H20I2O6.2Y/c31-27(32)19-3-1-5-23(17-19)29-21-7-11-25(12-8-21)35-15-16-36-26-13-9-22(10-14-26)30-24-6-2-4-20(18-24)28(33)34;;/h1-14,17-18H,15-16H2;;/p+2. The zero-order valence-electron chi connectivity index (χ0n) is 20.1. The van der Waals surface area contributed by atoms with Gasteiger partial charge in [0.1, 0.15) is 24.7 Å². The van der Waals surface area contributed by atoms with Gasteiger partial charge in [-0.15, -0.1) is 0 Å². The molecule has 0 atom stereocenters. The van der Waals surface area contributed by atoms with Gasteiger partial charge in [-0.05, 0) is 72.8 Å². The molecule has 4 aromatic carbocycles. The van der Waals surface area contributed by atoms with E-state index in [0.29, 0.717) is 24.3 Å². The van der Waals surface area contributed by atoms with Crippen LogP contribution in [-0.2, 0) is 65.4 Å². The Morgan fingerprint density at radius 2 is 0.921 bits per heavy atom. The van der Waals surface area contributed by atoms with Crippen molar-refractivity contribution in [2.45, 2.75) is 0 Å². The first kappa shape index (κ1) is 33.3. The third-order valence-corrected chi connectivity index (χ3v) is 10.1. The Bertz CT molecular complexity index is 1240. The van der Waals surface area contributed by atoms with Gasteiger partial charge >= 0.3 is 54.3 Å². The van der Waals surface area contributed by atoms with Crippen molar-refractivity contribution in [1.29, 1.82) is 0 Å². The molecule has 10 heteroatoms. The van der Waals surface area contributed by atoms with Gasteiger partial charge in [0.2, 0.25) is 0 Å². The average Bonchev–Trinajstić information content (AvgIpc) is 2.89. The van der Waals surface area contributed by atoms with Crippen LogP contribution in [0.4, 0.5) is 0 Å². The Hall–Kier alpha value is -0.912. The topological polar surface area (TPSA) is 93.1 Å². The van der Waals surface area contributed by atoms with Gasteiger partial charge in [0.15, 0.2) is 14.3 Å². The smallest absolute Gasteiger partial charge is 0.357 e. The monoisotopic (exact) mass is 886 g/mol. The molecule has 2 N–H and O–H groups in total. The molecule has 0 heterocycles. The summed E-state index contributed by atoms with van der Waals surface area (Å²) in [6.45, 7) is 0.817. The molecule has 0 saturated heterocycles. The number of rotatable bonds is 11. The van der Waals surface area contributed by atoms with Gasteiger partial charge < -0.3 is 19.7 Å². The van der Waals surface area contributed by atoms with Gasteiger partial charge in [0.05, 0.1) is 11.1 Å². The maximum Gasteiger partial charge on any atom is 0.357 e. The number of halogens is 2. The molecular weight excluding hydrogens is 864 g/mol. The Kier molecular flexibility index (Phi) is 14.9. The number of carboxylic acid groups (broad SMARTS) is 2. The molecule has 0 saturated carbocycles. The van der Waals surface area contributed by atoms with E-state index in [-0.39, 0.29) is 65.4 Å². The second-order valence-corrected chi connectivity index (χ2v) is 13.5. The van der Waals surface area contributed by atoms with Crippen molar-refractivity contribution in [3.05, 3.63) is 122 Å². The van der Waals surface area contributed by atoms with Crippen LogP contribution in [0.3, 0.4) is 0 Å². The van der Waals surface area contributed by atoms with Gasteiger partial charge in [-0.3, -0.25) is 0 Å². The van der Waals surface area contributed by atoms with Crippen molar-refractivity contribution >= 4 is 11.9 Å². The molecule has 38 heavy (non-hydrogen) atoms. The summed E-state index contributed by atoms with van der Waals surface area (Å²) in [6.07, 6.45) is 0. The van der Waals surface area contributed by atoms with Crippen LogP contribution in [0.2, 0.25) is 0 Å². The molecule has 0 bridgehead atoms. The van der Waals surface area contributed by atoms with E-state index < -0.39 is 54.3 Å². The van der Waals surface area contributed by atoms with Crippen LogP contribution in [0.5, 0.6) is 11.5 Å². The van der Waals surface area contributed by atoms with Crippen LogP contribution >= 0.6 is 0 Å². The van der Waals surface area contributed by atoms with Crippen molar-refractivity contribution in [2.24, 2.45) is 0 Å². The van der Waals surface area contributed by atoms with E-state index in [0.717, 1.165) is 18.6 Å². The van der Waals surface area contributed by atoms with Crippen LogP contribution in [0, 0.1) is 14.3 Å². The summed E-state index contributed by atoms with van der Waals surface area (Å²) in [4.78, 5) is 22.3. The zero-order chi connectivity index (χ0) is 25.3. The van der Waals surface area contributed by atoms with Crippen LogP contribution in [0.25, 0.3) is 0 Å². The first-order valence-corrected chi connectivity index (χ1v) is 15.2. The minimum absolute atomic E-state index is 0. The Labute approximate surface area is 292 Å². The number of hydrogen-bond acceptors (Lipinski definition) is 4. The van der Waals surface area contributed by atoms with Crippen molar-refractivity contribution in [3.8, 4) is 11.5 Å². The number of hydrogen-bond donors (Lipinski definition) is 2. The quantitative estimate of drug-likeness (QED) is 0.145. The molecule has 0 aromatic heterocycles. The number of carbonyl (C=O) groups is 2. The van der Waals surface area contributed by atoms with E-state index in [9.17, 15) is 9.59 Å². The van der Waals surface area contributed by atoms with E-state index in [1.807, 2.05) is 60.7 Å². The van der Waals surface area contributed by atoms with Gasteiger partial charge in [0.25, 0.3) is 0 Å². The van der Waals surface area contributed by atoms with Gasteiger partial charge in [-0.1, -0.05) is 12.1 Å². The number of carboxylic acids is 2. The summed E-state index contributed by atoms with van der Waals surface area (Å²) >= 11 is -0.932. The first-order chi connectivity index (χ1) is 17.5. The third-order valence-electron chi connectivity index (χ3n) is 4.83. The maximum atomic E-state index is 11.1. The Morgan fingerprint density at radius 1 is 0.553 bits per heavy atom. The summed E-state index contributed by atoms with van der Waals surface area (Å²) < 4.78 is 16.0. The minimum atomic E-state index is -0.910. The molecule has 2 radical (unpaired) electrons. The zero-order valence-corrected chi connectivity index (χ0v) is 30.1. The number of benzene rings is 4. The Morgan fingerprint density at radius 3 is 1.26 bits per heavy atom. The molecule has 0 fully saturated rings. The number of ether oxygens (including phenoxy) is 2. The van der Waals surface area contributed by atoms with Crippen LogP contribution in [0.15, 0.2) is 97.1 Å². The number of aromatic carboxylic acids is 2. The molecule has 0 aliphatic carbocycles. The van der Waals surface area contributed by atoms with E-state index in [2.05, 4.69) is 0 Å². The molecule has 4 aromatic rings. The van der Waals surface area contributed by atoms with Crippen LogP contribution in [0.1, 0.15) is 20.7 Å².